The summed E-state index contributed by atoms with van der Waals surface area (Å²) >= 11 is 0. The summed E-state index contributed by atoms with van der Waals surface area (Å²) in [5.74, 6) is -0.159. The fraction of sp³-hybridized carbons (Fsp3) is 0.375. The summed E-state index contributed by atoms with van der Waals surface area (Å²) in [5.41, 5.74) is 1.75. The van der Waals surface area contributed by atoms with E-state index in [1.807, 2.05) is 33.8 Å². The Bertz CT molecular complexity index is 481. The smallest absolute Gasteiger partial charge is 0.183 e. The van der Waals surface area contributed by atoms with Gasteiger partial charge in [0.25, 0.3) is 0 Å². The molecule has 0 spiro atoms. The molecule has 0 aromatic rings. The molecule has 0 saturated carbocycles. The van der Waals surface area contributed by atoms with Gasteiger partial charge in [-0.05, 0) is 32.4 Å². The van der Waals surface area contributed by atoms with Crippen LogP contribution in [0, 0.1) is 5.41 Å². The van der Waals surface area contributed by atoms with Gasteiger partial charge in [-0.3, -0.25) is 9.59 Å². The Labute approximate surface area is 109 Å². The second kappa shape index (κ2) is 5.30. The van der Waals surface area contributed by atoms with Crippen molar-refractivity contribution in [1.29, 1.82) is 0 Å². The lowest BCUT2D eigenvalue weighted by Crippen LogP contribution is -2.23. The number of carbonyl (C=O) groups excluding carboxylic acids is 2. The summed E-state index contributed by atoms with van der Waals surface area (Å²) in [5, 5.41) is 0. The van der Waals surface area contributed by atoms with Crippen LogP contribution in [-0.4, -0.2) is 11.6 Å². The Hall–Kier alpha value is -1.70. The molecule has 0 bridgehead atoms. The van der Waals surface area contributed by atoms with Crippen LogP contribution in [0.5, 0.6) is 0 Å². The molecule has 18 heavy (non-hydrogen) atoms. The average molecular weight is 244 g/mol. The fourth-order valence-electron chi connectivity index (χ4n) is 1.69. The Morgan fingerprint density at radius 2 is 1.83 bits per heavy atom. The molecule has 0 saturated heterocycles. The number of ketones is 2. The van der Waals surface area contributed by atoms with Gasteiger partial charge in [0.2, 0.25) is 0 Å². The predicted octanol–water partition coefficient (Wildman–Crippen LogP) is 3.56. The lowest BCUT2D eigenvalue weighted by Gasteiger charge is -2.24. The molecule has 2 heteroatoms. The summed E-state index contributed by atoms with van der Waals surface area (Å²) in [6.07, 6.45) is 7.08. The van der Waals surface area contributed by atoms with Crippen molar-refractivity contribution >= 4 is 11.6 Å². The van der Waals surface area contributed by atoms with Crippen molar-refractivity contribution in [3.63, 3.8) is 0 Å². The summed E-state index contributed by atoms with van der Waals surface area (Å²) in [7, 11) is 0. The van der Waals surface area contributed by atoms with Gasteiger partial charge in [0.1, 0.15) is 0 Å². The molecule has 0 aromatic heterocycles. The van der Waals surface area contributed by atoms with Gasteiger partial charge in [-0.15, -0.1) is 6.58 Å². The van der Waals surface area contributed by atoms with E-state index in [4.69, 9.17) is 0 Å². The zero-order chi connectivity index (χ0) is 13.9. The highest BCUT2D eigenvalue weighted by Crippen LogP contribution is 2.31. The van der Waals surface area contributed by atoms with Crippen molar-refractivity contribution in [3.8, 4) is 0 Å². The van der Waals surface area contributed by atoms with E-state index in [0.717, 1.165) is 5.57 Å². The zero-order valence-electron chi connectivity index (χ0n) is 11.5. The fourth-order valence-corrected chi connectivity index (χ4v) is 1.69. The van der Waals surface area contributed by atoms with E-state index in [2.05, 4.69) is 6.58 Å². The number of rotatable bonds is 4. The van der Waals surface area contributed by atoms with Gasteiger partial charge < -0.3 is 0 Å². The zero-order valence-corrected chi connectivity index (χ0v) is 11.5. The highest BCUT2D eigenvalue weighted by molar-refractivity contribution is 6.20. The maximum atomic E-state index is 12.0. The molecule has 0 N–H and O–H groups in total. The van der Waals surface area contributed by atoms with Gasteiger partial charge in [-0.25, -0.2) is 0 Å². The third kappa shape index (κ3) is 3.16. The maximum Gasteiger partial charge on any atom is 0.183 e. The van der Waals surface area contributed by atoms with E-state index in [1.54, 1.807) is 6.08 Å². The van der Waals surface area contributed by atoms with E-state index in [9.17, 15) is 9.59 Å². The second-order valence-electron chi connectivity index (χ2n) is 5.37. The molecule has 0 heterocycles. The highest BCUT2D eigenvalue weighted by atomic mass is 16.1. The van der Waals surface area contributed by atoms with E-state index in [0.29, 0.717) is 17.6 Å². The van der Waals surface area contributed by atoms with E-state index < -0.39 is 5.41 Å². The van der Waals surface area contributed by atoms with Crippen LogP contribution in [0.1, 0.15) is 34.1 Å². The van der Waals surface area contributed by atoms with Crippen LogP contribution in [0.15, 0.2) is 47.6 Å². The molecule has 96 valence electrons. The lowest BCUT2D eigenvalue weighted by atomic mass is 9.78. The van der Waals surface area contributed by atoms with Gasteiger partial charge in [0, 0.05) is 16.6 Å². The van der Waals surface area contributed by atoms with Crippen LogP contribution in [0.3, 0.4) is 0 Å². The topological polar surface area (TPSA) is 34.1 Å². The minimum atomic E-state index is -0.467. The first-order chi connectivity index (χ1) is 8.27. The Kier molecular flexibility index (Phi) is 4.23. The van der Waals surface area contributed by atoms with Gasteiger partial charge in [-0.1, -0.05) is 31.6 Å². The van der Waals surface area contributed by atoms with Crippen LogP contribution < -0.4 is 0 Å². The molecule has 0 aliphatic heterocycles. The van der Waals surface area contributed by atoms with Crippen LogP contribution in [0.2, 0.25) is 0 Å². The largest absolute Gasteiger partial charge is 0.290 e. The molecule has 0 amide bonds. The van der Waals surface area contributed by atoms with Gasteiger partial charge in [-0.2, -0.15) is 0 Å². The molecule has 0 radical (unpaired) electrons. The van der Waals surface area contributed by atoms with Crippen LogP contribution >= 0.6 is 0 Å². The first-order valence-electron chi connectivity index (χ1n) is 6.06. The normalized spacial score (nSPS) is 16.0. The van der Waals surface area contributed by atoms with E-state index in [1.165, 1.54) is 12.2 Å². The number of carbonyl (C=O) groups is 2. The third-order valence-corrected chi connectivity index (χ3v) is 3.10. The van der Waals surface area contributed by atoms with Crippen molar-refractivity contribution in [3.05, 3.63) is 47.6 Å². The first-order valence-corrected chi connectivity index (χ1v) is 6.06. The van der Waals surface area contributed by atoms with Crippen LogP contribution in [0.25, 0.3) is 0 Å². The predicted molar refractivity (Wildman–Crippen MR) is 74.2 cm³/mol. The second-order valence-corrected chi connectivity index (χ2v) is 5.37. The number of hydrogen-bond donors (Lipinski definition) is 0. The summed E-state index contributed by atoms with van der Waals surface area (Å²) in [6, 6.07) is 0. The Balaban J connectivity index is 3.01. The number of hydrogen-bond acceptors (Lipinski definition) is 2. The van der Waals surface area contributed by atoms with Crippen LogP contribution in [-0.2, 0) is 9.59 Å². The van der Waals surface area contributed by atoms with Crippen molar-refractivity contribution in [2.24, 2.45) is 5.41 Å². The molecule has 1 aliphatic rings. The molecule has 2 nitrogen and oxygen atoms in total. The SMILES string of the molecule is C=CC(C)(C)C1=CC(=O)C(CC=C(C)C)=CC1=O. The lowest BCUT2D eigenvalue weighted by molar-refractivity contribution is -0.115. The monoisotopic (exact) mass is 244 g/mol. The maximum absolute atomic E-state index is 12.0. The molecular weight excluding hydrogens is 224 g/mol. The van der Waals surface area contributed by atoms with Crippen molar-refractivity contribution < 1.29 is 9.59 Å². The molecule has 0 aromatic carbocycles. The summed E-state index contributed by atoms with van der Waals surface area (Å²) in [4.78, 5) is 24.0. The van der Waals surface area contributed by atoms with E-state index >= 15 is 0 Å². The Morgan fingerprint density at radius 1 is 1.22 bits per heavy atom. The summed E-state index contributed by atoms with van der Waals surface area (Å²) in [6.45, 7) is 11.4. The van der Waals surface area contributed by atoms with Crippen molar-refractivity contribution in [2.45, 2.75) is 34.1 Å². The van der Waals surface area contributed by atoms with Crippen LogP contribution in [0.4, 0.5) is 0 Å². The van der Waals surface area contributed by atoms with Gasteiger partial charge >= 0.3 is 0 Å². The molecular formula is C16H20O2. The molecule has 1 aliphatic carbocycles. The highest BCUT2D eigenvalue weighted by Gasteiger charge is 2.29. The molecule has 0 unspecified atom stereocenters. The molecule has 0 fully saturated rings. The van der Waals surface area contributed by atoms with Crippen molar-refractivity contribution in [2.75, 3.05) is 0 Å². The first kappa shape index (κ1) is 14.4. The third-order valence-electron chi connectivity index (χ3n) is 3.10. The molecule has 1 rings (SSSR count). The number of allylic oxidation sites excluding steroid dienone is 7. The average Bonchev–Trinajstić information content (AvgIpc) is 2.29. The molecule has 0 atom stereocenters. The minimum absolute atomic E-state index is 0.0722. The van der Waals surface area contributed by atoms with Gasteiger partial charge in [0.15, 0.2) is 11.6 Å². The quantitative estimate of drug-likeness (QED) is 0.559. The Morgan fingerprint density at radius 3 is 2.33 bits per heavy atom. The standard InChI is InChI=1S/C16H20O2/c1-6-16(4,5)13-10-14(17)12(9-15(13)18)8-7-11(2)3/h6-7,9-10H,1,8H2,2-5H3. The summed E-state index contributed by atoms with van der Waals surface area (Å²) < 4.78 is 0. The van der Waals surface area contributed by atoms with Crippen molar-refractivity contribution in [1.82, 2.24) is 0 Å². The van der Waals surface area contributed by atoms with E-state index in [-0.39, 0.29) is 11.6 Å². The van der Waals surface area contributed by atoms with Gasteiger partial charge in [0.05, 0.1) is 0 Å². The minimum Gasteiger partial charge on any atom is -0.290 e.